The molecule has 94 valence electrons. The maximum atomic E-state index is 10.5. The Morgan fingerprint density at radius 1 is 1.65 bits per heavy atom. The van der Waals surface area contributed by atoms with Gasteiger partial charge in [-0.05, 0) is 6.42 Å². The quantitative estimate of drug-likeness (QED) is 0.496. The molecule has 0 saturated heterocycles. The number of carboxylic acids is 1. The minimum atomic E-state index is -1.09. The molecule has 0 unspecified atom stereocenters. The molecule has 6 nitrogen and oxygen atoms in total. The lowest BCUT2D eigenvalue weighted by Gasteiger charge is -2.02. The molecular formula is C11H16N2O4. The monoisotopic (exact) mass is 240 g/mol. The van der Waals surface area contributed by atoms with Crippen LogP contribution in [0.4, 0.5) is 0 Å². The molecule has 0 aliphatic carbocycles. The zero-order valence-electron chi connectivity index (χ0n) is 9.52. The molecule has 1 aromatic rings. The summed E-state index contributed by atoms with van der Waals surface area (Å²) in [6.07, 6.45) is 2.64. The van der Waals surface area contributed by atoms with Crippen LogP contribution in [-0.2, 0) is 11.3 Å². The molecule has 6 heteroatoms. The molecule has 1 heterocycles. The van der Waals surface area contributed by atoms with Crippen molar-refractivity contribution in [2.75, 3.05) is 19.8 Å². The van der Waals surface area contributed by atoms with Gasteiger partial charge in [-0.25, -0.2) is 4.79 Å². The van der Waals surface area contributed by atoms with Crippen LogP contribution in [0.5, 0.6) is 0 Å². The SMILES string of the molecule is C=CCCOCCNCc1cc(C(=O)O)no1. The van der Waals surface area contributed by atoms with Crippen molar-refractivity contribution < 1.29 is 19.2 Å². The van der Waals surface area contributed by atoms with Crippen LogP contribution in [-0.4, -0.2) is 36.0 Å². The second-order valence-electron chi connectivity index (χ2n) is 3.35. The van der Waals surface area contributed by atoms with Crippen LogP contribution < -0.4 is 5.32 Å². The molecule has 2 N–H and O–H groups in total. The van der Waals surface area contributed by atoms with Crippen molar-refractivity contribution in [1.82, 2.24) is 10.5 Å². The first-order chi connectivity index (χ1) is 8.24. The summed E-state index contributed by atoms with van der Waals surface area (Å²) in [6, 6.07) is 1.40. The van der Waals surface area contributed by atoms with Crippen LogP contribution in [0.1, 0.15) is 22.7 Å². The van der Waals surface area contributed by atoms with Gasteiger partial charge in [0.05, 0.1) is 19.8 Å². The number of aromatic nitrogens is 1. The Labute approximate surface area is 99.2 Å². The number of nitrogens with one attached hydrogen (secondary N) is 1. The molecule has 0 spiro atoms. The Balaban J connectivity index is 2.09. The summed E-state index contributed by atoms with van der Waals surface area (Å²) in [6.45, 7) is 5.94. The van der Waals surface area contributed by atoms with E-state index < -0.39 is 5.97 Å². The van der Waals surface area contributed by atoms with Crippen LogP contribution in [0.15, 0.2) is 23.2 Å². The molecule has 0 atom stereocenters. The van der Waals surface area contributed by atoms with E-state index in [1.807, 2.05) is 0 Å². The normalized spacial score (nSPS) is 10.4. The van der Waals surface area contributed by atoms with Gasteiger partial charge in [-0.1, -0.05) is 11.2 Å². The van der Waals surface area contributed by atoms with Crippen molar-refractivity contribution in [2.24, 2.45) is 0 Å². The maximum Gasteiger partial charge on any atom is 0.358 e. The largest absolute Gasteiger partial charge is 0.476 e. The van der Waals surface area contributed by atoms with Crippen molar-refractivity contribution in [2.45, 2.75) is 13.0 Å². The summed E-state index contributed by atoms with van der Waals surface area (Å²) in [4.78, 5) is 10.5. The van der Waals surface area contributed by atoms with Gasteiger partial charge >= 0.3 is 5.97 Å². The number of rotatable bonds is 9. The molecule has 1 aromatic heterocycles. The highest BCUT2D eigenvalue weighted by atomic mass is 16.5. The van der Waals surface area contributed by atoms with Crippen molar-refractivity contribution >= 4 is 5.97 Å². The van der Waals surface area contributed by atoms with E-state index in [-0.39, 0.29) is 5.69 Å². The average Bonchev–Trinajstić information content (AvgIpc) is 2.77. The predicted octanol–water partition coefficient (Wildman–Crippen LogP) is 1.06. The summed E-state index contributed by atoms with van der Waals surface area (Å²) < 4.78 is 10.1. The van der Waals surface area contributed by atoms with E-state index in [9.17, 15) is 4.79 Å². The smallest absolute Gasteiger partial charge is 0.358 e. The first-order valence-electron chi connectivity index (χ1n) is 5.32. The molecule has 0 aromatic carbocycles. The molecule has 0 fully saturated rings. The third kappa shape index (κ3) is 5.28. The van der Waals surface area contributed by atoms with Crippen molar-refractivity contribution in [3.05, 3.63) is 30.2 Å². The van der Waals surface area contributed by atoms with E-state index in [1.54, 1.807) is 6.08 Å². The average molecular weight is 240 g/mol. The van der Waals surface area contributed by atoms with Crippen molar-refractivity contribution in [3.8, 4) is 0 Å². The lowest BCUT2D eigenvalue weighted by atomic mass is 10.3. The second kappa shape index (κ2) is 7.59. The highest BCUT2D eigenvalue weighted by Crippen LogP contribution is 2.02. The fourth-order valence-electron chi connectivity index (χ4n) is 1.12. The van der Waals surface area contributed by atoms with Gasteiger partial charge in [0.25, 0.3) is 0 Å². The standard InChI is InChI=1S/C11H16N2O4/c1-2-3-5-16-6-4-12-8-9-7-10(11(14)15)13-17-9/h2,7,12H,1,3-6,8H2,(H,14,15). The summed E-state index contributed by atoms with van der Waals surface area (Å²) in [7, 11) is 0. The minimum absolute atomic E-state index is 0.0796. The number of nitrogens with zero attached hydrogens (tertiary/aromatic N) is 1. The van der Waals surface area contributed by atoms with Crippen LogP contribution in [0.3, 0.4) is 0 Å². The van der Waals surface area contributed by atoms with E-state index in [2.05, 4.69) is 17.1 Å². The van der Waals surface area contributed by atoms with Gasteiger partial charge in [-0.3, -0.25) is 0 Å². The first-order valence-corrected chi connectivity index (χ1v) is 5.32. The Morgan fingerprint density at radius 3 is 3.12 bits per heavy atom. The minimum Gasteiger partial charge on any atom is -0.476 e. The second-order valence-corrected chi connectivity index (χ2v) is 3.35. The van der Waals surface area contributed by atoms with E-state index in [4.69, 9.17) is 14.4 Å². The highest BCUT2D eigenvalue weighted by Gasteiger charge is 2.09. The van der Waals surface area contributed by atoms with Crippen molar-refractivity contribution in [3.63, 3.8) is 0 Å². The predicted molar refractivity (Wildman–Crippen MR) is 60.8 cm³/mol. The van der Waals surface area contributed by atoms with Crippen LogP contribution >= 0.6 is 0 Å². The Hall–Kier alpha value is -1.66. The topological polar surface area (TPSA) is 84.6 Å². The molecule has 1 rings (SSSR count). The molecule has 17 heavy (non-hydrogen) atoms. The third-order valence-electron chi connectivity index (χ3n) is 1.97. The number of ether oxygens (including phenoxy) is 1. The fraction of sp³-hybridized carbons (Fsp3) is 0.455. The third-order valence-corrected chi connectivity index (χ3v) is 1.97. The number of hydrogen-bond acceptors (Lipinski definition) is 5. The molecule has 0 aliphatic heterocycles. The molecule has 0 saturated carbocycles. The fourth-order valence-corrected chi connectivity index (χ4v) is 1.12. The zero-order chi connectivity index (χ0) is 12.5. The van der Waals surface area contributed by atoms with Gasteiger partial charge in [-0.15, -0.1) is 6.58 Å². The number of aromatic carboxylic acids is 1. The van der Waals surface area contributed by atoms with Gasteiger partial charge in [0, 0.05) is 12.6 Å². The zero-order valence-corrected chi connectivity index (χ0v) is 9.52. The Kier molecular flexibility index (Phi) is 5.98. The lowest BCUT2D eigenvalue weighted by molar-refractivity contribution is 0.0685. The first kappa shape index (κ1) is 13.4. The summed E-state index contributed by atoms with van der Waals surface area (Å²) in [5.41, 5.74) is -0.0796. The van der Waals surface area contributed by atoms with Gasteiger partial charge < -0.3 is 19.7 Å². The summed E-state index contributed by atoms with van der Waals surface area (Å²) in [5.74, 6) is -0.596. The van der Waals surface area contributed by atoms with E-state index >= 15 is 0 Å². The number of carbonyl (C=O) groups is 1. The molecule has 0 bridgehead atoms. The summed E-state index contributed by atoms with van der Waals surface area (Å²) >= 11 is 0. The van der Waals surface area contributed by atoms with E-state index in [1.165, 1.54) is 6.07 Å². The Bertz CT molecular complexity index is 362. The number of carboxylic acid groups (broad SMARTS) is 1. The van der Waals surface area contributed by atoms with Crippen LogP contribution in [0.25, 0.3) is 0 Å². The van der Waals surface area contributed by atoms with Gasteiger partial charge in [-0.2, -0.15) is 0 Å². The highest BCUT2D eigenvalue weighted by molar-refractivity contribution is 5.85. The Morgan fingerprint density at radius 2 is 2.47 bits per heavy atom. The molecular weight excluding hydrogens is 224 g/mol. The van der Waals surface area contributed by atoms with Gasteiger partial charge in [0.15, 0.2) is 11.5 Å². The van der Waals surface area contributed by atoms with Gasteiger partial charge in [0.1, 0.15) is 0 Å². The van der Waals surface area contributed by atoms with E-state index in [0.717, 1.165) is 6.42 Å². The van der Waals surface area contributed by atoms with Crippen LogP contribution in [0.2, 0.25) is 0 Å². The van der Waals surface area contributed by atoms with E-state index in [0.29, 0.717) is 32.1 Å². The molecule has 0 radical (unpaired) electrons. The molecule has 0 amide bonds. The van der Waals surface area contributed by atoms with Crippen LogP contribution in [0, 0.1) is 0 Å². The maximum absolute atomic E-state index is 10.5. The van der Waals surface area contributed by atoms with Gasteiger partial charge in [0.2, 0.25) is 0 Å². The van der Waals surface area contributed by atoms with Crippen molar-refractivity contribution in [1.29, 1.82) is 0 Å². The summed E-state index contributed by atoms with van der Waals surface area (Å²) in [5, 5.41) is 15.1. The molecule has 0 aliphatic rings. The number of hydrogen-bond donors (Lipinski definition) is 2. The lowest BCUT2D eigenvalue weighted by Crippen LogP contribution is -2.19.